The van der Waals surface area contributed by atoms with Crippen LogP contribution in [0.2, 0.25) is 0 Å². The van der Waals surface area contributed by atoms with Crippen LogP contribution in [0.4, 0.5) is 0 Å². The van der Waals surface area contributed by atoms with Gasteiger partial charge in [0.1, 0.15) is 11.3 Å². The van der Waals surface area contributed by atoms with Crippen molar-refractivity contribution in [2.45, 2.75) is 26.3 Å². The molecule has 110 valence electrons. The number of benzene rings is 1. The fourth-order valence-corrected chi connectivity index (χ4v) is 4.24. The molecule has 0 amide bonds. The third-order valence-electron chi connectivity index (χ3n) is 3.61. The highest BCUT2D eigenvalue weighted by Gasteiger charge is 2.23. The van der Waals surface area contributed by atoms with Crippen molar-refractivity contribution in [3.63, 3.8) is 0 Å². The summed E-state index contributed by atoms with van der Waals surface area (Å²) in [6.45, 7) is 5.21. The summed E-state index contributed by atoms with van der Waals surface area (Å²) in [7, 11) is 0. The number of nitrogens with one attached hydrogen (secondary N) is 1. The quantitative estimate of drug-likeness (QED) is 0.645. The van der Waals surface area contributed by atoms with Crippen molar-refractivity contribution in [1.82, 2.24) is 5.32 Å². The molecule has 0 saturated heterocycles. The van der Waals surface area contributed by atoms with E-state index in [1.807, 2.05) is 12.1 Å². The number of para-hydroxylation sites is 1. The Balaban J connectivity index is 2.18. The zero-order valence-corrected chi connectivity index (χ0v) is 14.6. The Kier molecular flexibility index (Phi) is 4.48. The Morgan fingerprint density at radius 2 is 2.00 bits per heavy atom. The molecule has 1 atom stereocenters. The highest BCUT2D eigenvalue weighted by atomic mass is 79.9. The molecule has 2 aromatic heterocycles. The lowest BCUT2D eigenvalue weighted by molar-refractivity contribution is 0.535. The van der Waals surface area contributed by atoms with E-state index in [-0.39, 0.29) is 6.04 Å². The van der Waals surface area contributed by atoms with Gasteiger partial charge in [0.25, 0.3) is 0 Å². The summed E-state index contributed by atoms with van der Waals surface area (Å²) in [5, 5.41) is 4.82. The molecule has 21 heavy (non-hydrogen) atoms. The maximum Gasteiger partial charge on any atom is 0.134 e. The van der Waals surface area contributed by atoms with Gasteiger partial charge in [-0.3, -0.25) is 0 Å². The monoisotopic (exact) mass is 363 g/mol. The van der Waals surface area contributed by atoms with Gasteiger partial charge in [-0.2, -0.15) is 0 Å². The van der Waals surface area contributed by atoms with Crippen LogP contribution in [0.15, 0.2) is 44.6 Å². The van der Waals surface area contributed by atoms with E-state index in [0.29, 0.717) is 0 Å². The summed E-state index contributed by atoms with van der Waals surface area (Å²) in [5.74, 6) is 1.08. The molecular formula is C17H18BrNOS. The van der Waals surface area contributed by atoms with Crippen LogP contribution in [0.25, 0.3) is 11.0 Å². The van der Waals surface area contributed by atoms with E-state index in [1.165, 1.54) is 15.8 Å². The number of thiophene rings is 1. The third-order valence-corrected chi connectivity index (χ3v) is 5.30. The number of fused-ring (bicyclic) bond motifs is 1. The molecule has 2 nitrogen and oxygen atoms in total. The van der Waals surface area contributed by atoms with E-state index in [1.54, 1.807) is 11.3 Å². The summed E-state index contributed by atoms with van der Waals surface area (Å²) in [6.07, 6.45) is 0.901. The first-order valence-corrected chi connectivity index (χ1v) is 8.84. The minimum Gasteiger partial charge on any atom is -0.461 e. The average molecular weight is 364 g/mol. The molecule has 0 saturated carbocycles. The number of halogens is 1. The zero-order valence-electron chi connectivity index (χ0n) is 12.2. The standard InChI is InChI=1S/C17H18BrNOS/c1-3-12-16(11-7-5-6-8-13(11)20-12)17(19-4-2)14-9-10-15(18)21-14/h5-10,17,19H,3-4H2,1-2H3. The van der Waals surface area contributed by atoms with Crippen LogP contribution >= 0.6 is 27.3 Å². The van der Waals surface area contributed by atoms with Crippen LogP contribution in [0.3, 0.4) is 0 Å². The lowest BCUT2D eigenvalue weighted by Gasteiger charge is -2.17. The highest BCUT2D eigenvalue weighted by molar-refractivity contribution is 9.11. The number of aryl methyl sites for hydroxylation is 1. The lowest BCUT2D eigenvalue weighted by Crippen LogP contribution is -2.21. The molecule has 2 heterocycles. The first-order valence-electron chi connectivity index (χ1n) is 7.23. The average Bonchev–Trinajstić information content (AvgIpc) is 3.08. The Morgan fingerprint density at radius 1 is 1.19 bits per heavy atom. The molecule has 1 N–H and O–H groups in total. The van der Waals surface area contributed by atoms with Gasteiger partial charge in [0.05, 0.1) is 9.83 Å². The Morgan fingerprint density at radius 3 is 2.67 bits per heavy atom. The maximum atomic E-state index is 6.06. The van der Waals surface area contributed by atoms with Gasteiger partial charge in [0.15, 0.2) is 0 Å². The number of hydrogen-bond donors (Lipinski definition) is 1. The highest BCUT2D eigenvalue weighted by Crippen LogP contribution is 2.38. The first-order chi connectivity index (χ1) is 10.2. The first kappa shape index (κ1) is 14.8. The molecular weight excluding hydrogens is 346 g/mol. The van der Waals surface area contributed by atoms with E-state index in [2.05, 4.69) is 59.4 Å². The van der Waals surface area contributed by atoms with Gasteiger partial charge < -0.3 is 9.73 Å². The van der Waals surface area contributed by atoms with Gasteiger partial charge in [0.2, 0.25) is 0 Å². The van der Waals surface area contributed by atoms with Crippen LogP contribution in [-0.4, -0.2) is 6.54 Å². The number of rotatable bonds is 5. The molecule has 0 aliphatic heterocycles. The zero-order chi connectivity index (χ0) is 14.8. The molecule has 0 spiro atoms. The van der Waals surface area contributed by atoms with Crippen molar-refractivity contribution in [3.8, 4) is 0 Å². The second kappa shape index (κ2) is 6.34. The molecule has 1 aromatic carbocycles. The van der Waals surface area contributed by atoms with Gasteiger partial charge in [-0.25, -0.2) is 0 Å². The molecule has 0 aliphatic carbocycles. The minimum absolute atomic E-state index is 0.185. The predicted molar refractivity (Wildman–Crippen MR) is 93.1 cm³/mol. The Hall–Kier alpha value is -1.10. The second-order valence-electron chi connectivity index (χ2n) is 4.92. The SMILES string of the molecule is CCNC(c1ccc(Br)s1)c1c(CC)oc2ccccc12. The minimum atomic E-state index is 0.185. The van der Waals surface area contributed by atoms with Crippen LogP contribution in [0.1, 0.15) is 36.1 Å². The van der Waals surface area contributed by atoms with E-state index >= 15 is 0 Å². The summed E-state index contributed by atoms with van der Waals surface area (Å²) in [5.41, 5.74) is 2.26. The molecule has 4 heteroatoms. The maximum absolute atomic E-state index is 6.06. The van der Waals surface area contributed by atoms with Crippen LogP contribution in [0, 0.1) is 0 Å². The Bertz CT molecular complexity index is 746. The summed E-state index contributed by atoms with van der Waals surface area (Å²) >= 11 is 5.34. The van der Waals surface area contributed by atoms with Crippen molar-refractivity contribution in [3.05, 3.63) is 56.4 Å². The van der Waals surface area contributed by atoms with Crippen LogP contribution in [-0.2, 0) is 6.42 Å². The molecule has 3 rings (SSSR count). The van der Waals surface area contributed by atoms with E-state index in [0.717, 1.165) is 28.1 Å². The summed E-state index contributed by atoms with van der Waals surface area (Å²) < 4.78 is 7.22. The lowest BCUT2D eigenvalue weighted by atomic mass is 10.00. The van der Waals surface area contributed by atoms with Crippen molar-refractivity contribution in [2.24, 2.45) is 0 Å². The molecule has 3 aromatic rings. The van der Waals surface area contributed by atoms with Gasteiger partial charge in [0, 0.05) is 22.2 Å². The fourth-order valence-electron chi connectivity index (χ4n) is 2.73. The third kappa shape index (κ3) is 2.80. The fraction of sp³-hybridized carbons (Fsp3) is 0.294. The van der Waals surface area contributed by atoms with Gasteiger partial charge in [-0.05, 0) is 40.7 Å². The van der Waals surface area contributed by atoms with Crippen LogP contribution in [0.5, 0.6) is 0 Å². The van der Waals surface area contributed by atoms with Crippen molar-refractivity contribution < 1.29 is 4.42 Å². The van der Waals surface area contributed by atoms with Crippen molar-refractivity contribution >= 4 is 38.2 Å². The molecule has 0 aliphatic rings. The van der Waals surface area contributed by atoms with E-state index in [4.69, 9.17) is 4.42 Å². The largest absolute Gasteiger partial charge is 0.461 e. The molecule has 0 radical (unpaired) electrons. The predicted octanol–water partition coefficient (Wildman–Crippen LogP) is 5.52. The summed E-state index contributed by atoms with van der Waals surface area (Å²) in [4.78, 5) is 1.31. The van der Waals surface area contributed by atoms with Crippen molar-refractivity contribution in [1.29, 1.82) is 0 Å². The van der Waals surface area contributed by atoms with Gasteiger partial charge >= 0.3 is 0 Å². The summed E-state index contributed by atoms with van der Waals surface area (Å²) in [6, 6.07) is 12.8. The Labute approximate surface area is 137 Å². The smallest absolute Gasteiger partial charge is 0.134 e. The normalized spacial score (nSPS) is 12.9. The van der Waals surface area contributed by atoms with Crippen LogP contribution < -0.4 is 5.32 Å². The molecule has 0 bridgehead atoms. The van der Waals surface area contributed by atoms with Crippen molar-refractivity contribution in [2.75, 3.05) is 6.54 Å². The number of hydrogen-bond acceptors (Lipinski definition) is 3. The van der Waals surface area contributed by atoms with Gasteiger partial charge in [-0.15, -0.1) is 11.3 Å². The molecule has 0 fully saturated rings. The molecule has 1 unspecified atom stereocenters. The van der Waals surface area contributed by atoms with E-state index < -0.39 is 0 Å². The van der Waals surface area contributed by atoms with E-state index in [9.17, 15) is 0 Å². The van der Waals surface area contributed by atoms with Gasteiger partial charge in [-0.1, -0.05) is 32.0 Å². The number of furan rings is 1. The second-order valence-corrected chi connectivity index (χ2v) is 7.42. The topological polar surface area (TPSA) is 25.2 Å².